The Labute approximate surface area is 127 Å². The second-order valence-electron chi connectivity index (χ2n) is 4.59. The molecule has 0 amide bonds. The number of anilines is 1. The molecule has 0 aliphatic carbocycles. The van der Waals surface area contributed by atoms with Crippen molar-refractivity contribution in [3.63, 3.8) is 0 Å². The molecular formula is C17H14N2OS. The molecule has 0 aliphatic rings. The van der Waals surface area contributed by atoms with Gasteiger partial charge >= 0.3 is 0 Å². The quantitative estimate of drug-likeness (QED) is 0.719. The minimum absolute atomic E-state index is 0.0121. The second-order valence-corrected chi connectivity index (χ2v) is 5.45. The summed E-state index contributed by atoms with van der Waals surface area (Å²) in [5.74, 6) is 0. The Bertz CT molecular complexity index is 670. The first-order valence-electron chi connectivity index (χ1n) is 6.64. The first-order chi connectivity index (χ1) is 10.4. The minimum atomic E-state index is 0.0121. The fourth-order valence-electron chi connectivity index (χ4n) is 2.18. The van der Waals surface area contributed by atoms with Crippen molar-refractivity contribution in [3.8, 4) is 0 Å². The van der Waals surface area contributed by atoms with Gasteiger partial charge in [0.05, 0.1) is 6.04 Å². The van der Waals surface area contributed by atoms with Crippen molar-refractivity contribution in [1.29, 1.82) is 0 Å². The van der Waals surface area contributed by atoms with Gasteiger partial charge in [0.25, 0.3) is 0 Å². The normalized spacial score (nSPS) is 10.5. The summed E-state index contributed by atoms with van der Waals surface area (Å²) in [5.41, 5.74) is 2.78. The molecule has 0 saturated carbocycles. The molecule has 0 spiro atoms. The van der Waals surface area contributed by atoms with E-state index in [0.29, 0.717) is 5.69 Å². The van der Waals surface area contributed by atoms with Gasteiger partial charge in [0.2, 0.25) is 0 Å². The van der Waals surface area contributed by atoms with E-state index in [9.17, 15) is 4.79 Å². The predicted molar refractivity (Wildman–Crippen MR) is 85.9 cm³/mol. The molecule has 3 rings (SSSR count). The third-order valence-corrected chi connectivity index (χ3v) is 3.97. The van der Waals surface area contributed by atoms with Crippen molar-refractivity contribution in [1.82, 2.24) is 4.98 Å². The van der Waals surface area contributed by atoms with Gasteiger partial charge in [-0.3, -0.25) is 4.79 Å². The summed E-state index contributed by atoms with van der Waals surface area (Å²) in [6.07, 6.45) is 0.766. The molecule has 3 aromatic rings. The molecule has 104 valence electrons. The summed E-state index contributed by atoms with van der Waals surface area (Å²) in [5, 5.41) is 5.91. The molecule has 1 N–H and O–H groups in total. The Morgan fingerprint density at radius 2 is 1.52 bits per heavy atom. The van der Waals surface area contributed by atoms with Gasteiger partial charge < -0.3 is 5.32 Å². The van der Waals surface area contributed by atoms with E-state index in [1.807, 2.05) is 36.4 Å². The van der Waals surface area contributed by atoms with Crippen LogP contribution in [0, 0.1) is 0 Å². The van der Waals surface area contributed by atoms with E-state index in [-0.39, 0.29) is 6.04 Å². The Kier molecular flexibility index (Phi) is 4.07. The molecule has 21 heavy (non-hydrogen) atoms. The molecule has 0 bridgehead atoms. The number of thiazole rings is 1. The van der Waals surface area contributed by atoms with E-state index in [1.165, 1.54) is 11.3 Å². The molecule has 3 nitrogen and oxygen atoms in total. The van der Waals surface area contributed by atoms with Crippen LogP contribution in [0.1, 0.15) is 27.7 Å². The lowest BCUT2D eigenvalue weighted by atomic mass is 9.99. The SMILES string of the molecule is O=Cc1csc(NC(c2ccccc2)c2ccccc2)n1. The van der Waals surface area contributed by atoms with Crippen LogP contribution in [-0.2, 0) is 0 Å². The zero-order chi connectivity index (χ0) is 14.5. The van der Waals surface area contributed by atoms with E-state index in [0.717, 1.165) is 22.5 Å². The van der Waals surface area contributed by atoms with E-state index < -0.39 is 0 Å². The van der Waals surface area contributed by atoms with Crippen LogP contribution in [0.15, 0.2) is 66.0 Å². The molecular weight excluding hydrogens is 280 g/mol. The lowest BCUT2D eigenvalue weighted by Crippen LogP contribution is -2.12. The Morgan fingerprint density at radius 1 is 0.952 bits per heavy atom. The van der Waals surface area contributed by atoms with Crippen LogP contribution in [0.25, 0.3) is 0 Å². The summed E-state index contributed by atoms with van der Waals surface area (Å²) >= 11 is 1.44. The third kappa shape index (κ3) is 3.17. The lowest BCUT2D eigenvalue weighted by Gasteiger charge is -2.19. The van der Waals surface area contributed by atoms with Crippen LogP contribution in [0.3, 0.4) is 0 Å². The maximum atomic E-state index is 10.8. The van der Waals surface area contributed by atoms with Crippen LogP contribution in [0.2, 0.25) is 0 Å². The van der Waals surface area contributed by atoms with Gasteiger partial charge in [-0.1, -0.05) is 60.7 Å². The average Bonchev–Trinajstić information content (AvgIpc) is 3.02. The highest BCUT2D eigenvalue weighted by molar-refractivity contribution is 7.13. The van der Waals surface area contributed by atoms with E-state index in [2.05, 4.69) is 34.6 Å². The van der Waals surface area contributed by atoms with Gasteiger partial charge in [-0.25, -0.2) is 4.98 Å². The largest absolute Gasteiger partial charge is 0.351 e. The number of carbonyl (C=O) groups excluding carboxylic acids is 1. The molecule has 2 aromatic carbocycles. The minimum Gasteiger partial charge on any atom is -0.351 e. The summed E-state index contributed by atoms with van der Waals surface area (Å²) < 4.78 is 0. The number of nitrogens with one attached hydrogen (secondary N) is 1. The maximum Gasteiger partial charge on any atom is 0.184 e. The standard InChI is InChI=1S/C17H14N2OS/c20-11-15-12-21-17(18-15)19-16(13-7-3-1-4-8-13)14-9-5-2-6-10-14/h1-12,16H,(H,18,19). The van der Waals surface area contributed by atoms with Gasteiger partial charge in [0.15, 0.2) is 11.4 Å². The van der Waals surface area contributed by atoms with Crippen molar-refractivity contribution in [3.05, 3.63) is 82.9 Å². The monoisotopic (exact) mass is 294 g/mol. The number of aldehydes is 1. The number of rotatable bonds is 5. The van der Waals surface area contributed by atoms with Crippen LogP contribution < -0.4 is 5.32 Å². The number of hydrogen-bond donors (Lipinski definition) is 1. The van der Waals surface area contributed by atoms with Gasteiger partial charge in [0, 0.05) is 5.38 Å². The van der Waals surface area contributed by atoms with Crippen LogP contribution in [-0.4, -0.2) is 11.3 Å². The molecule has 0 atom stereocenters. The highest BCUT2D eigenvalue weighted by Gasteiger charge is 2.15. The molecule has 0 aliphatic heterocycles. The van der Waals surface area contributed by atoms with Crippen molar-refractivity contribution in [2.45, 2.75) is 6.04 Å². The van der Waals surface area contributed by atoms with E-state index in [4.69, 9.17) is 0 Å². The molecule has 1 heterocycles. The Hall–Kier alpha value is -2.46. The molecule has 0 saturated heterocycles. The summed E-state index contributed by atoms with van der Waals surface area (Å²) in [6, 6.07) is 20.4. The number of aromatic nitrogens is 1. The van der Waals surface area contributed by atoms with Gasteiger partial charge in [-0.05, 0) is 11.1 Å². The van der Waals surface area contributed by atoms with Crippen molar-refractivity contribution >= 4 is 22.8 Å². The van der Waals surface area contributed by atoms with Crippen LogP contribution >= 0.6 is 11.3 Å². The van der Waals surface area contributed by atoms with E-state index in [1.54, 1.807) is 5.38 Å². The molecule has 1 aromatic heterocycles. The number of hydrogen-bond acceptors (Lipinski definition) is 4. The smallest absolute Gasteiger partial charge is 0.184 e. The van der Waals surface area contributed by atoms with Gasteiger partial charge in [-0.2, -0.15) is 0 Å². The van der Waals surface area contributed by atoms with E-state index >= 15 is 0 Å². The number of benzene rings is 2. The van der Waals surface area contributed by atoms with Gasteiger partial charge in [0.1, 0.15) is 5.69 Å². The Balaban J connectivity index is 1.94. The lowest BCUT2D eigenvalue weighted by molar-refractivity contribution is 0.111. The number of nitrogens with zero attached hydrogens (tertiary/aromatic N) is 1. The molecule has 0 unspecified atom stereocenters. The summed E-state index contributed by atoms with van der Waals surface area (Å²) in [7, 11) is 0. The fraction of sp³-hybridized carbons (Fsp3) is 0.0588. The van der Waals surface area contributed by atoms with Crippen LogP contribution in [0.4, 0.5) is 5.13 Å². The summed E-state index contributed by atoms with van der Waals surface area (Å²) in [4.78, 5) is 15.0. The fourth-order valence-corrected chi connectivity index (χ4v) is 2.86. The summed E-state index contributed by atoms with van der Waals surface area (Å²) in [6.45, 7) is 0. The first-order valence-corrected chi connectivity index (χ1v) is 7.52. The zero-order valence-electron chi connectivity index (χ0n) is 11.3. The van der Waals surface area contributed by atoms with Crippen molar-refractivity contribution in [2.24, 2.45) is 0 Å². The number of carbonyl (C=O) groups is 1. The third-order valence-electron chi connectivity index (χ3n) is 3.18. The molecule has 0 fully saturated rings. The highest BCUT2D eigenvalue weighted by Crippen LogP contribution is 2.27. The maximum absolute atomic E-state index is 10.8. The Morgan fingerprint density at radius 3 is 2.00 bits per heavy atom. The van der Waals surface area contributed by atoms with Crippen molar-refractivity contribution in [2.75, 3.05) is 5.32 Å². The second kappa shape index (κ2) is 6.33. The van der Waals surface area contributed by atoms with Gasteiger partial charge in [-0.15, -0.1) is 11.3 Å². The average molecular weight is 294 g/mol. The molecule has 0 radical (unpaired) electrons. The topological polar surface area (TPSA) is 42.0 Å². The zero-order valence-corrected chi connectivity index (χ0v) is 12.1. The van der Waals surface area contributed by atoms with Crippen LogP contribution in [0.5, 0.6) is 0 Å². The van der Waals surface area contributed by atoms with Crippen molar-refractivity contribution < 1.29 is 4.79 Å². The molecule has 4 heteroatoms. The highest BCUT2D eigenvalue weighted by atomic mass is 32.1. The predicted octanol–water partition coefficient (Wildman–Crippen LogP) is 4.16. The first kappa shape index (κ1) is 13.5.